The Hall–Kier alpha value is -2.05. The van der Waals surface area contributed by atoms with Crippen molar-refractivity contribution in [2.75, 3.05) is 32.8 Å². The summed E-state index contributed by atoms with van der Waals surface area (Å²) in [5.41, 5.74) is 1.77. The number of ether oxygens (including phenoxy) is 1. The van der Waals surface area contributed by atoms with Crippen molar-refractivity contribution in [3.8, 4) is 11.3 Å². The van der Waals surface area contributed by atoms with E-state index in [2.05, 4.69) is 10.1 Å². The lowest BCUT2D eigenvalue weighted by atomic mass is 10.1. The first kappa shape index (κ1) is 16.8. The molecule has 0 aliphatic carbocycles. The van der Waals surface area contributed by atoms with Gasteiger partial charge in [0.2, 0.25) is 0 Å². The van der Waals surface area contributed by atoms with E-state index in [0.717, 1.165) is 30.1 Å². The lowest BCUT2D eigenvalue weighted by Crippen LogP contribution is -2.48. The summed E-state index contributed by atoms with van der Waals surface area (Å²) in [6.07, 6.45) is -0.234. The van der Waals surface area contributed by atoms with Gasteiger partial charge in [-0.05, 0) is 19.1 Å². The molecule has 1 aliphatic heterocycles. The van der Waals surface area contributed by atoms with Crippen LogP contribution in [0.5, 0.6) is 0 Å². The number of amides is 1. The molecule has 1 fully saturated rings. The second-order valence-corrected chi connectivity index (χ2v) is 6.08. The third-order valence-corrected chi connectivity index (χ3v) is 4.23. The molecule has 1 aromatic heterocycles. The van der Waals surface area contributed by atoms with Gasteiger partial charge in [-0.3, -0.25) is 4.90 Å². The Bertz CT molecular complexity index is 679. The number of halogens is 1. The number of benzene rings is 1. The molecule has 1 aromatic carbocycles. The molecule has 1 aliphatic rings. The van der Waals surface area contributed by atoms with Crippen LogP contribution in [0.4, 0.5) is 4.79 Å². The van der Waals surface area contributed by atoms with Crippen LogP contribution >= 0.6 is 11.6 Å². The van der Waals surface area contributed by atoms with Crippen molar-refractivity contribution in [1.29, 1.82) is 0 Å². The summed E-state index contributed by atoms with van der Waals surface area (Å²) in [4.78, 5) is 15.7. The molecule has 0 spiro atoms. The fourth-order valence-corrected chi connectivity index (χ4v) is 2.79. The molecule has 1 saturated heterocycles. The van der Waals surface area contributed by atoms with E-state index >= 15 is 0 Å². The quantitative estimate of drug-likeness (QED) is 0.847. The summed E-state index contributed by atoms with van der Waals surface area (Å²) in [6, 6.07) is 9.45. The molecule has 0 N–H and O–H groups in total. The van der Waals surface area contributed by atoms with E-state index in [0.29, 0.717) is 31.3 Å². The third-order valence-electron chi connectivity index (χ3n) is 3.98. The van der Waals surface area contributed by atoms with E-state index in [1.165, 1.54) is 0 Å². The average Bonchev–Trinajstić information content (AvgIpc) is 3.05. The molecule has 1 amide bonds. The fraction of sp³-hybridized carbons (Fsp3) is 0.412. The standard InChI is InChI=1S/C17H20ClN3O3/c1-2-23-17(22)21-9-7-20(8-10-21)12-15-11-16(19-24-15)13-3-5-14(18)6-4-13/h3-6,11H,2,7-10,12H2,1H3. The van der Waals surface area contributed by atoms with Crippen LogP contribution in [-0.2, 0) is 11.3 Å². The van der Waals surface area contributed by atoms with Gasteiger partial charge in [-0.15, -0.1) is 0 Å². The lowest BCUT2D eigenvalue weighted by Gasteiger charge is -2.33. The summed E-state index contributed by atoms with van der Waals surface area (Å²) in [6.45, 7) is 5.80. The van der Waals surface area contributed by atoms with Gasteiger partial charge in [0.1, 0.15) is 5.69 Å². The van der Waals surface area contributed by atoms with Gasteiger partial charge in [0.05, 0.1) is 13.2 Å². The normalized spacial score (nSPS) is 15.5. The molecule has 0 radical (unpaired) electrons. The van der Waals surface area contributed by atoms with Gasteiger partial charge < -0.3 is 14.2 Å². The molecule has 2 heterocycles. The Kier molecular flexibility index (Phi) is 5.37. The van der Waals surface area contributed by atoms with Gasteiger partial charge in [-0.1, -0.05) is 28.9 Å². The molecule has 24 heavy (non-hydrogen) atoms. The summed E-state index contributed by atoms with van der Waals surface area (Å²) in [7, 11) is 0. The van der Waals surface area contributed by atoms with E-state index in [-0.39, 0.29) is 6.09 Å². The summed E-state index contributed by atoms with van der Waals surface area (Å²) in [5.74, 6) is 0.810. The van der Waals surface area contributed by atoms with Crippen LogP contribution in [0.2, 0.25) is 5.02 Å². The Morgan fingerprint density at radius 3 is 2.62 bits per heavy atom. The van der Waals surface area contributed by atoms with Gasteiger partial charge in [0.25, 0.3) is 0 Å². The number of rotatable bonds is 4. The van der Waals surface area contributed by atoms with Crippen molar-refractivity contribution in [1.82, 2.24) is 15.0 Å². The van der Waals surface area contributed by atoms with Crippen molar-refractivity contribution in [3.63, 3.8) is 0 Å². The molecule has 6 nitrogen and oxygen atoms in total. The second kappa shape index (κ2) is 7.68. The number of hydrogen-bond donors (Lipinski definition) is 0. The topological polar surface area (TPSA) is 58.8 Å². The summed E-state index contributed by atoms with van der Waals surface area (Å²) < 4.78 is 10.5. The Labute approximate surface area is 145 Å². The highest BCUT2D eigenvalue weighted by molar-refractivity contribution is 6.30. The first-order valence-electron chi connectivity index (χ1n) is 8.01. The summed E-state index contributed by atoms with van der Waals surface area (Å²) >= 11 is 5.90. The van der Waals surface area contributed by atoms with E-state index in [9.17, 15) is 4.79 Å². The molecule has 0 unspecified atom stereocenters. The van der Waals surface area contributed by atoms with Crippen molar-refractivity contribution in [2.24, 2.45) is 0 Å². The first-order chi connectivity index (χ1) is 11.7. The molecule has 128 valence electrons. The number of carbonyl (C=O) groups excluding carboxylic acids is 1. The molecule has 2 aromatic rings. The number of carbonyl (C=O) groups is 1. The van der Waals surface area contributed by atoms with Crippen molar-refractivity contribution in [2.45, 2.75) is 13.5 Å². The second-order valence-electron chi connectivity index (χ2n) is 5.65. The van der Waals surface area contributed by atoms with Crippen LogP contribution in [0, 0.1) is 0 Å². The smallest absolute Gasteiger partial charge is 0.409 e. The van der Waals surface area contributed by atoms with Crippen LogP contribution in [0.25, 0.3) is 11.3 Å². The SMILES string of the molecule is CCOC(=O)N1CCN(Cc2cc(-c3ccc(Cl)cc3)no2)CC1. The highest BCUT2D eigenvalue weighted by Gasteiger charge is 2.22. The van der Waals surface area contributed by atoms with Crippen LogP contribution in [-0.4, -0.2) is 53.8 Å². The Balaban J connectivity index is 1.54. The number of hydrogen-bond acceptors (Lipinski definition) is 5. The number of aromatic nitrogens is 1. The van der Waals surface area contributed by atoms with E-state index < -0.39 is 0 Å². The number of piperazine rings is 1. The zero-order valence-corrected chi connectivity index (χ0v) is 14.3. The van der Waals surface area contributed by atoms with Crippen LogP contribution in [0.3, 0.4) is 0 Å². The van der Waals surface area contributed by atoms with Crippen molar-refractivity contribution >= 4 is 17.7 Å². The first-order valence-corrected chi connectivity index (χ1v) is 8.39. The predicted octanol–water partition coefficient (Wildman–Crippen LogP) is 3.27. The lowest BCUT2D eigenvalue weighted by molar-refractivity contribution is 0.0754. The van der Waals surface area contributed by atoms with E-state index in [4.69, 9.17) is 20.9 Å². The molecular formula is C17H20ClN3O3. The molecular weight excluding hydrogens is 330 g/mol. The van der Waals surface area contributed by atoms with Gasteiger partial charge in [0.15, 0.2) is 5.76 Å². The monoisotopic (exact) mass is 349 g/mol. The van der Waals surface area contributed by atoms with E-state index in [1.807, 2.05) is 37.3 Å². The minimum absolute atomic E-state index is 0.234. The molecule has 3 rings (SSSR count). The Morgan fingerprint density at radius 1 is 1.25 bits per heavy atom. The minimum Gasteiger partial charge on any atom is -0.450 e. The van der Waals surface area contributed by atoms with Gasteiger partial charge in [-0.2, -0.15) is 0 Å². The maximum atomic E-state index is 11.7. The van der Waals surface area contributed by atoms with Gasteiger partial charge in [0, 0.05) is 42.8 Å². The van der Waals surface area contributed by atoms with Crippen molar-refractivity contribution in [3.05, 3.63) is 41.1 Å². The van der Waals surface area contributed by atoms with Gasteiger partial charge >= 0.3 is 6.09 Å². The third kappa shape index (κ3) is 4.07. The summed E-state index contributed by atoms with van der Waals surface area (Å²) in [5, 5.41) is 4.82. The zero-order chi connectivity index (χ0) is 16.9. The fourth-order valence-electron chi connectivity index (χ4n) is 2.67. The minimum atomic E-state index is -0.234. The molecule has 0 bridgehead atoms. The highest BCUT2D eigenvalue weighted by Crippen LogP contribution is 2.22. The maximum absolute atomic E-state index is 11.7. The molecule has 0 saturated carbocycles. The largest absolute Gasteiger partial charge is 0.450 e. The van der Waals surface area contributed by atoms with Crippen LogP contribution in [0.1, 0.15) is 12.7 Å². The van der Waals surface area contributed by atoms with Crippen LogP contribution < -0.4 is 0 Å². The van der Waals surface area contributed by atoms with Crippen LogP contribution in [0.15, 0.2) is 34.9 Å². The van der Waals surface area contributed by atoms with Gasteiger partial charge in [-0.25, -0.2) is 4.79 Å². The Morgan fingerprint density at radius 2 is 1.96 bits per heavy atom. The molecule has 0 atom stereocenters. The predicted molar refractivity (Wildman–Crippen MR) is 90.8 cm³/mol. The van der Waals surface area contributed by atoms with Crippen molar-refractivity contribution < 1.29 is 14.1 Å². The van der Waals surface area contributed by atoms with E-state index in [1.54, 1.807) is 4.90 Å². The number of nitrogens with zero attached hydrogens (tertiary/aromatic N) is 3. The maximum Gasteiger partial charge on any atom is 0.409 e. The average molecular weight is 350 g/mol. The zero-order valence-electron chi connectivity index (χ0n) is 13.6. The molecule has 7 heteroatoms. The highest BCUT2D eigenvalue weighted by atomic mass is 35.5.